The second-order valence-electron chi connectivity index (χ2n) is 7.17. The molecule has 0 bridgehead atoms. The molecule has 154 valence electrons. The number of ether oxygens (including phenoxy) is 1. The highest BCUT2D eigenvalue weighted by Gasteiger charge is 2.29. The standard InChI is InChI=1S/C22H26ClN3O3/c1-25(13-6-16-29-20-9-3-2-7-18(20)23)21(27)17-10-14-26(15-11-17)22(28)19-8-4-5-12-24-19/h2-5,7-9,12,17H,6,10-11,13-16H2,1H3. The molecule has 1 aromatic heterocycles. The number of piperidine rings is 1. The zero-order chi connectivity index (χ0) is 20.6. The number of benzene rings is 1. The molecule has 0 aliphatic carbocycles. The van der Waals surface area contributed by atoms with Crippen LogP contribution < -0.4 is 4.74 Å². The summed E-state index contributed by atoms with van der Waals surface area (Å²) in [4.78, 5) is 32.8. The summed E-state index contributed by atoms with van der Waals surface area (Å²) in [6.45, 7) is 2.28. The van der Waals surface area contributed by atoms with Crippen LogP contribution in [-0.4, -0.2) is 59.9 Å². The van der Waals surface area contributed by atoms with E-state index >= 15 is 0 Å². The number of pyridine rings is 1. The summed E-state index contributed by atoms with van der Waals surface area (Å²) in [6.07, 6.45) is 3.70. The van der Waals surface area contributed by atoms with Gasteiger partial charge in [-0.3, -0.25) is 14.6 Å². The average Bonchev–Trinajstić information content (AvgIpc) is 2.77. The summed E-state index contributed by atoms with van der Waals surface area (Å²) in [5.74, 6) is 0.680. The highest BCUT2D eigenvalue weighted by Crippen LogP contribution is 2.23. The molecule has 0 spiro atoms. The van der Waals surface area contributed by atoms with Crippen LogP contribution in [0.25, 0.3) is 0 Å². The first-order valence-corrected chi connectivity index (χ1v) is 10.3. The average molecular weight is 416 g/mol. The summed E-state index contributed by atoms with van der Waals surface area (Å²) in [7, 11) is 1.82. The Kier molecular flexibility index (Phi) is 7.47. The fourth-order valence-electron chi connectivity index (χ4n) is 3.45. The van der Waals surface area contributed by atoms with Crippen LogP contribution in [0, 0.1) is 5.92 Å². The molecule has 2 aromatic rings. The van der Waals surface area contributed by atoms with Crippen LogP contribution in [-0.2, 0) is 4.79 Å². The van der Waals surface area contributed by atoms with Crippen LogP contribution in [0.1, 0.15) is 29.8 Å². The summed E-state index contributed by atoms with van der Waals surface area (Å²) in [5, 5.41) is 0.587. The van der Waals surface area contributed by atoms with Crippen molar-refractivity contribution in [3.8, 4) is 5.75 Å². The molecule has 0 radical (unpaired) electrons. The second kappa shape index (κ2) is 10.3. The number of hydrogen-bond donors (Lipinski definition) is 0. The first kappa shape index (κ1) is 21.1. The van der Waals surface area contributed by atoms with Gasteiger partial charge in [0.25, 0.3) is 5.91 Å². The number of rotatable bonds is 7. The van der Waals surface area contributed by atoms with Crippen molar-refractivity contribution in [2.75, 3.05) is 33.3 Å². The lowest BCUT2D eigenvalue weighted by Crippen LogP contribution is -2.44. The van der Waals surface area contributed by atoms with Crippen LogP contribution in [0.4, 0.5) is 0 Å². The van der Waals surface area contributed by atoms with E-state index in [1.54, 1.807) is 40.3 Å². The van der Waals surface area contributed by atoms with Gasteiger partial charge in [0.05, 0.1) is 11.6 Å². The highest BCUT2D eigenvalue weighted by atomic mass is 35.5. The number of nitrogens with zero attached hydrogens (tertiary/aromatic N) is 3. The van der Waals surface area contributed by atoms with Crippen molar-refractivity contribution in [1.29, 1.82) is 0 Å². The van der Waals surface area contributed by atoms with E-state index in [0.29, 0.717) is 55.5 Å². The van der Waals surface area contributed by atoms with E-state index in [0.717, 1.165) is 6.42 Å². The third-order valence-corrected chi connectivity index (χ3v) is 5.44. The van der Waals surface area contributed by atoms with Gasteiger partial charge in [0.1, 0.15) is 11.4 Å². The van der Waals surface area contributed by atoms with Gasteiger partial charge in [0.2, 0.25) is 5.91 Å². The molecule has 1 fully saturated rings. The van der Waals surface area contributed by atoms with Crippen molar-refractivity contribution >= 4 is 23.4 Å². The molecular formula is C22H26ClN3O3. The Morgan fingerprint density at radius 2 is 1.90 bits per heavy atom. The van der Waals surface area contributed by atoms with Crippen LogP contribution in [0.15, 0.2) is 48.7 Å². The number of amides is 2. The number of carbonyl (C=O) groups excluding carboxylic acids is 2. The molecule has 2 heterocycles. The molecule has 2 amide bonds. The molecule has 1 saturated heterocycles. The minimum Gasteiger partial charge on any atom is -0.492 e. The molecule has 6 nitrogen and oxygen atoms in total. The zero-order valence-corrected chi connectivity index (χ0v) is 17.3. The van der Waals surface area contributed by atoms with E-state index in [9.17, 15) is 9.59 Å². The topological polar surface area (TPSA) is 62.7 Å². The smallest absolute Gasteiger partial charge is 0.272 e. The van der Waals surface area contributed by atoms with Crippen LogP contribution in [0.5, 0.6) is 5.75 Å². The minimum absolute atomic E-state index is 0.0442. The number of carbonyl (C=O) groups is 2. The number of likely N-dealkylation sites (tertiary alicyclic amines) is 1. The third kappa shape index (κ3) is 5.70. The van der Waals surface area contributed by atoms with Crippen molar-refractivity contribution in [1.82, 2.24) is 14.8 Å². The van der Waals surface area contributed by atoms with Gasteiger partial charge in [-0.25, -0.2) is 0 Å². The fraction of sp³-hybridized carbons (Fsp3) is 0.409. The van der Waals surface area contributed by atoms with Crippen LogP contribution >= 0.6 is 11.6 Å². The van der Waals surface area contributed by atoms with E-state index in [2.05, 4.69) is 4.98 Å². The van der Waals surface area contributed by atoms with Gasteiger partial charge in [-0.2, -0.15) is 0 Å². The Balaban J connectivity index is 1.39. The molecule has 0 atom stereocenters. The Morgan fingerprint density at radius 1 is 1.17 bits per heavy atom. The van der Waals surface area contributed by atoms with E-state index in [1.807, 2.05) is 25.2 Å². The molecule has 29 heavy (non-hydrogen) atoms. The Labute approximate surface area is 176 Å². The lowest BCUT2D eigenvalue weighted by Gasteiger charge is -2.33. The van der Waals surface area contributed by atoms with E-state index in [-0.39, 0.29) is 17.7 Å². The van der Waals surface area contributed by atoms with Crippen molar-refractivity contribution in [3.05, 3.63) is 59.4 Å². The van der Waals surface area contributed by atoms with Crippen LogP contribution in [0.2, 0.25) is 5.02 Å². The summed E-state index contributed by atoms with van der Waals surface area (Å²) in [5.41, 5.74) is 0.452. The van der Waals surface area contributed by atoms with E-state index < -0.39 is 0 Å². The van der Waals surface area contributed by atoms with E-state index in [1.165, 1.54) is 0 Å². The van der Waals surface area contributed by atoms with Gasteiger partial charge in [0, 0.05) is 38.8 Å². The second-order valence-corrected chi connectivity index (χ2v) is 7.58. The summed E-state index contributed by atoms with van der Waals surface area (Å²) in [6, 6.07) is 12.7. The molecule has 1 aromatic carbocycles. The normalized spacial score (nSPS) is 14.5. The summed E-state index contributed by atoms with van der Waals surface area (Å²) < 4.78 is 5.67. The number of aromatic nitrogens is 1. The maximum atomic E-state index is 12.7. The molecule has 7 heteroatoms. The van der Waals surface area contributed by atoms with Crippen molar-refractivity contribution < 1.29 is 14.3 Å². The molecule has 1 aliphatic rings. The van der Waals surface area contributed by atoms with Gasteiger partial charge >= 0.3 is 0 Å². The molecule has 0 saturated carbocycles. The van der Waals surface area contributed by atoms with Gasteiger partial charge < -0.3 is 14.5 Å². The quantitative estimate of drug-likeness (QED) is 0.649. The van der Waals surface area contributed by atoms with Gasteiger partial charge in [-0.05, 0) is 43.5 Å². The monoisotopic (exact) mass is 415 g/mol. The van der Waals surface area contributed by atoms with Gasteiger partial charge in [-0.15, -0.1) is 0 Å². The molecule has 0 unspecified atom stereocenters. The first-order valence-electron chi connectivity index (χ1n) is 9.89. The lowest BCUT2D eigenvalue weighted by molar-refractivity contribution is -0.135. The molecule has 0 N–H and O–H groups in total. The summed E-state index contributed by atoms with van der Waals surface area (Å²) >= 11 is 6.07. The molecule has 3 rings (SSSR count). The maximum Gasteiger partial charge on any atom is 0.272 e. The Bertz CT molecular complexity index is 823. The number of halogens is 1. The predicted molar refractivity (Wildman–Crippen MR) is 112 cm³/mol. The minimum atomic E-state index is -0.0680. The third-order valence-electron chi connectivity index (χ3n) is 5.12. The Hall–Kier alpha value is -2.60. The Morgan fingerprint density at radius 3 is 2.59 bits per heavy atom. The molecular weight excluding hydrogens is 390 g/mol. The largest absolute Gasteiger partial charge is 0.492 e. The van der Waals surface area contributed by atoms with Crippen molar-refractivity contribution in [3.63, 3.8) is 0 Å². The van der Waals surface area contributed by atoms with Gasteiger partial charge in [-0.1, -0.05) is 29.8 Å². The SMILES string of the molecule is CN(CCCOc1ccccc1Cl)C(=O)C1CCN(C(=O)c2ccccn2)CC1. The highest BCUT2D eigenvalue weighted by molar-refractivity contribution is 6.32. The first-order chi connectivity index (χ1) is 14.1. The maximum absolute atomic E-state index is 12.7. The lowest BCUT2D eigenvalue weighted by atomic mass is 9.95. The van der Waals surface area contributed by atoms with Gasteiger partial charge in [0.15, 0.2) is 0 Å². The van der Waals surface area contributed by atoms with Crippen molar-refractivity contribution in [2.45, 2.75) is 19.3 Å². The fourth-order valence-corrected chi connectivity index (χ4v) is 3.64. The predicted octanol–water partition coefficient (Wildman–Crippen LogP) is 3.51. The van der Waals surface area contributed by atoms with Crippen molar-refractivity contribution in [2.24, 2.45) is 5.92 Å². The number of para-hydroxylation sites is 1. The molecule has 1 aliphatic heterocycles. The number of hydrogen-bond acceptors (Lipinski definition) is 4. The zero-order valence-electron chi connectivity index (χ0n) is 16.6. The van der Waals surface area contributed by atoms with Crippen LogP contribution in [0.3, 0.4) is 0 Å². The van der Waals surface area contributed by atoms with E-state index in [4.69, 9.17) is 16.3 Å².